The Hall–Kier alpha value is -4.97. The van der Waals surface area contributed by atoms with Gasteiger partial charge in [0.05, 0.1) is 32.8 Å². The smallest absolute Gasteiger partial charge is 0.198 e. The Balaban J connectivity index is 1.30. The van der Waals surface area contributed by atoms with E-state index in [1.807, 2.05) is 23.1 Å². The molecule has 9 aromatic rings. The van der Waals surface area contributed by atoms with Gasteiger partial charge in [-0.15, -0.1) is 11.3 Å². The molecule has 2 aliphatic heterocycles. The van der Waals surface area contributed by atoms with Crippen LogP contribution in [0.25, 0.3) is 63.9 Å². The number of para-hydroxylation sites is 3. The van der Waals surface area contributed by atoms with Crippen LogP contribution in [0.5, 0.6) is 0 Å². The lowest BCUT2D eigenvalue weighted by Crippen LogP contribution is -2.42. The summed E-state index contributed by atoms with van der Waals surface area (Å²) in [7, 11) is 2.44. The summed E-state index contributed by atoms with van der Waals surface area (Å²) < 4.78 is 2.66. The van der Waals surface area contributed by atoms with Crippen molar-refractivity contribution in [2.75, 3.05) is 4.90 Å². The molecule has 2 nitrogen and oxygen atoms in total. The van der Waals surface area contributed by atoms with E-state index in [0.29, 0.717) is 0 Å². The molecule has 1 N–H and O–H groups in total. The van der Waals surface area contributed by atoms with Crippen LogP contribution in [-0.2, 0) is 0 Å². The molecule has 2 aromatic heterocycles. The highest BCUT2D eigenvalue weighted by Gasteiger charge is 2.35. The summed E-state index contributed by atoms with van der Waals surface area (Å²) in [6.07, 6.45) is 0. The highest BCUT2D eigenvalue weighted by Crippen LogP contribution is 2.54. The molecule has 0 fully saturated rings. The van der Waals surface area contributed by atoms with Crippen molar-refractivity contribution in [3.8, 4) is 11.1 Å². The number of rotatable bonds is 1. The predicted molar refractivity (Wildman–Crippen MR) is 195 cm³/mol. The first-order valence-electron chi connectivity index (χ1n) is 15.3. The molecule has 2 aliphatic rings. The Morgan fingerprint density at radius 3 is 2.31 bits per heavy atom. The molecule has 5 heteroatoms. The van der Waals surface area contributed by atoms with E-state index in [1.54, 1.807) is 0 Å². The van der Waals surface area contributed by atoms with Gasteiger partial charge in [-0.3, -0.25) is 0 Å². The molecule has 0 spiro atoms. The van der Waals surface area contributed by atoms with E-state index in [0.717, 1.165) is 0 Å². The number of nitrogens with one attached hydrogen (secondary N) is 1. The fourth-order valence-electron chi connectivity index (χ4n) is 7.67. The normalized spacial score (nSPS) is 13.4. The zero-order chi connectivity index (χ0) is 29.2. The summed E-state index contributed by atoms with van der Waals surface area (Å²) in [5.74, 6) is 0. The number of anilines is 3. The standard InChI is InChI=1S/C40H22BN2S2/c1-2-10-23-22(9-1)19-20-27-25-12-7-13-26(37(25)42-36(23)27)28-21-29-24-11-3-5-16-32(24)45-40(29)39-35(28)41-30-14-8-18-34-38(30)43(39)31-15-4-6-17-33(31)44-34/h1-21,42H. The van der Waals surface area contributed by atoms with Gasteiger partial charge in [0.25, 0.3) is 0 Å². The fraction of sp³-hybridized carbons (Fsp3) is 0. The molecular formula is C40H22BN2S2. The number of hydrogen-bond donors (Lipinski definition) is 1. The number of fused-ring (bicyclic) bond motifs is 13. The predicted octanol–water partition coefficient (Wildman–Crippen LogP) is 10.4. The lowest BCUT2D eigenvalue weighted by atomic mass is 9.58. The molecule has 0 amide bonds. The van der Waals surface area contributed by atoms with Crippen LogP contribution in [0, 0.1) is 0 Å². The summed E-state index contributed by atoms with van der Waals surface area (Å²) in [4.78, 5) is 9.08. The Morgan fingerprint density at radius 2 is 1.33 bits per heavy atom. The first-order valence-corrected chi connectivity index (χ1v) is 16.9. The van der Waals surface area contributed by atoms with Crippen LogP contribution in [0.15, 0.2) is 137 Å². The number of H-pyrrole nitrogens is 1. The minimum Gasteiger partial charge on any atom is -0.353 e. The highest BCUT2D eigenvalue weighted by molar-refractivity contribution is 7.99. The first kappa shape index (κ1) is 24.4. The van der Waals surface area contributed by atoms with Crippen molar-refractivity contribution in [1.82, 2.24) is 4.98 Å². The molecule has 4 heterocycles. The van der Waals surface area contributed by atoms with Crippen molar-refractivity contribution in [2.24, 2.45) is 0 Å². The first-order chi connectivity index (χ1) is 22.3. The maximum absolute atomic E-state index is 3.93. The number of hydrogen-bond acceptors (Lipinski definition) is 3. The van der Waals surface area contributed by atoms with Crippen molar-refractivity contribution in [3.63, 3.8) is 0 Å². The minimum absolute atomic E-state index is 1.19. The van der Waals surface area contributed by atoms with E-state index in [9.17, 15) is 0 Å². The largest absolute Gasteiger partial charge is 0.353 e. The maximum atomic E-state index is 3.93. The lowest BCUT2D eigenvalue weighted by Gasteiger charge is -2.39. The van der Waals surface area contributed by atoms with E-state index >= 15 is 0 Å². The van der Waals surface area contributed by atoms with Gasteiger partial charge >= 0.3 is 0 Å². The van der Waals surface area contributed by atoms with Crippen LogP contribution in [0.4, 0.5) is 17.1 Å². The van der Waals surface area contributed by atoms with Gasteiger partial charge in [-0.1, -0.05) is 114 Å². The Kier molecular flexibility index (Phi) is 4.77. The van der Waals surface area contributed by atoms with Crippen LogP contribution in [0.3, 0.4) is 0 Å². The molecule has 45 heavy (non-hydrogen) atoms. The molecule has 0 atom stereocenters. The molecule has 0 unspecified atom stereocenters. The van der Waals surface area contributed by atoms with Crippen molar-refractivity contribution in [1.29, 1.82) is 0 Å². The topological polar surface area (TPSA) is 19.0 Å². The Labute approximate surface area is 268 Å². The van der Waals surface area contributed by atoms with Gasteiger partial charge in [0.15, 0.2) is 7.28 Å². The zero-order valence-electron chi connectivity index (χ0n) is 24.0. The van der Waals surface area contributed by atoms with Crippen LogP contribution in [-0.4, -0.2) is 12.3 Å². The molecule has 0 aliphatic carbocycles. The second kappa shape index (κ2) is 8.82. The molecule has 7 aromatic carbocycles. The SMILES string of the molecule is [B]1c2cccc3c2N(c2ccccc2S3)c2c1c(-c1cccc3c1[nH]c1c4ccccc4ccc31)cc1c2sc2ccccc21. The van der Waals surface area contributed by atoms with E-state index in [-0.39, 0.29) is 0 Å². The van der Waals surface area contributed by atoms with E-state index in [2.05, 4.69) is 145 Å². The zero-order valence-corrected chi connectivity index (χ0v) is 25.6. The van der Waals surface area contributed by atoms with Crippen molar-refractivity contribution < 1.29 is 0 Å². The van der Waals surface area contributed by atoms with Gasteiger partial charge in [-0.25, -0.2) is 0 Å². The summed E-state index contributed by atoms with van der Waals surface area (Å²) in [6, 6.07) is 47.0. The lowest BCUT2D eigenvalue weighted by molar-refractivity contribution is 1.18. The summed E-state index contributed by atoms with van der Waals surface area (Å²) in [5.41, 5.74) is 11.2. The molecule has 207 valence electrons. The molecule has 0 saturated heterocycles. The Bertz CT molecular complexity index is 2740. The molecule has 1 radical (unpaired) electrons. The number of nitrogens with zero attached hydrogens (tertiary/aromatic N) is 1. The average Bonchev–Trinajstić information content (AvgIpc) is 3.67. The summed E-state index contributed by atoms with van der Waals surface area (Å²) in [6.45, 7) is 0. The van der Waals surface area contributed by atoms with E-state index in [1.165, 1.54) is 102 Å². The van der Waals surface area contributed by atoms with Crippen LogP contribution >= 0.6 is 23.1 Å². The summed E-state index contributed by atoms with van der Waals surface area (Å²) in [5, 5.41) is 7.67. The fourth-order valence-corrected chi connectivity index (χ4v) is 10.0. The number of aromatic amines is 1. The number of benzene rings is 7. The molecule has 0 bridgehead atoms. The highest BCUT2D eigenvalue weighted by atomic mass is 32.2. The summed E-state index contributed by atoms with van der Waals surface area (Å²) >= 11 is 3.79. The third-order valence-corrected chi connectivity index (χ3v) is 11.9. The quantitative estimate of drug-likeness (QED) is 0.188. The number of thiophene rings is 1. The van der Waals surface area contributed by atoms with Crippen molar-refractivity contribution in [2.45, 2.75) is 9.79 Å². The third-order valence-electron chi connectivity index (χ3n) is 9.61. The van der Waals surface area contributed by atoms with Crippen LogP contribution in [0.1, 0.15) is 0 Å². The van der Waals surface area contributed by atoms with Crippen molar-refractivity contribution in [3.05, 3.63) is 127 Å². The average molecular weight is 606 g/mol. The van der Waals surface area contributed by atoms with Gasteiger partial charge < -0.3 is 9.88 Å². The van der Waals surface area contributed by atoms with Crippen molar-refractivity contribution >= 4 is 111 Å². The molecule has 11 rings (SSSR count). The monoisotopic (exact) mass is 605 g/mol. The van der Waals surface area contributed by atoms with Gasteiger partial charge in [0.1, 0.15) is 0 Å². The van der Waals surface area contributed by atoms with Crippen LogP contribution in [0.2, 0.25) is 0 Å². The third kappa shape index (κ3) is 3.22. The minimum atomic E-state index is 1.19. The maximum Gasteiger partial charge on any atom is 0.198 e. The van der Waals surface area contributed by atoms with E-state index < -0.39 is 0 Å². The second-order valence-corrected chi connectivity index (χ2v) is 14.1. The van der Waals surface area contributed by atoms with E-state index in [4.69, 9.17) is 0 Å². The number of aromatic nitrogens is 1. The van der Waals surface area contributed by atoms with Crippen LogP contribution < -0.4 is 15.8 Å². The van der Waals surface area contributed by atoms with Gasteiger partial charge in [-0.2, -0.15) is 0 Å². The molecule has 0 saturated carbocycles. The van der Waals surface area contributed by atoms with Gasteiger partial charge in [0.2, 0.25) is 0 Å². The van der Waals surface area contributed by atoms with Gasteiger partial charge in [0, 0.05) is 47.0 Å². The molecular weight excluding hydrogens is 583 g/mol. The Morgan fingerprint density at radius 1 is 0.556 bits per heavy atom. The second-order valence-electron chi connectivity index (χ2n) is 12.0. The van der Waals surface area contributed by atoms with Gasteiger partial charge in [-0.05, 0) is 46.7 Å².